The van der Waals surface area contributed by atoms with Gasteiger partial charge in [-0.3, -0.25) is 4.79 Å². The van der Waals surface area contributed by atoms with E-state index in [2.05, 4.69) is 29.4 Å². The number of aromatic nitrogens is 3. The number of unbranched alkanes of at least 4 members (excludes halogenated alkanes) is 1. The van der Waals surface area contributed by atoms with Crippen LogP contribution in [0.4, 0.5) is 0 Å². The van der Waals surface area contributed by atoms with Gasteiger partial charge in [0.05, 0.1) is 5.69 Å². The zero-order chi connectivity index (χ0) is 13.5. The van der Waals surface area contributed by atoms with Crippen molar-refractivity contribution in [2.45, 2.75) is 39.2 Å². The molecule has 0 amide bonds. The third kappa shape index (κ3) is 3.50. The van der Waals surface area contributed by atoms with E-state index in [1.807, 2.05) is 22.9 Å². The second-order valence-corrected chi connectivity index (χ2v) is 4.60. The first-order valence-corrected chi connectivity index (χ1v) is 6.76. The zero-order valence-electron chi connectivity index (χ0n) is 11.2. The van der Waals surface area contributed by atoms with E-state index in [1.165, 1.54) is 5.56 Å². The van der Waals surface area contributed by atoms with Gasteiger partial charge in [0.2, 0.25) is 0 Å². The van der Waals surface area contributed by atoms with Gasteiger partial charge in [-0.2, -0.15) is 0 Å². The summed E-state index contributed by atoms with van der Waals surface area (Å²) in [6.07, 6.45) is 4.67. The number of nitrogens with zero attached hydrogens (tertiary/aromatic N) is 3. The minimum Gasteiger partial charge on any atom is -0.296 e. The van der Waals surface area contributed by atoms with Crippen molar-refractivity contribution < 1.29 is 4.79 Å². The predicted octanol–water partition coefficient (Wildman–Crippen LogP) is 2.68. The van der Waals surface area contributed by atoms with Crippen LogP contribution in [0.1, 0.15) is 41.5 Å². The van der Waals surface area contributed by atoms with E-state index in [1.54, 1.807) is 0 Å². The molecule has 0 aliphatic carbocycles. The summed E-state index contributed by atoms with van der Waals surface area (Å²) in [6.45, 7) is 2.97. The summed E-state index contributed by atoms with van der Waals surface area (Å²) < 4.78 is 1.87. The summed E-state index contributed by atoms with van der Waals surface area (Å²) in [5.74, 6) is 0. The van der Waals surface area contributed by atoms with Crippen LogP contribution >= 0.6 is 0 Å². The molecule has 0 bridgehead atoms. The van der Waals surface area contributed by atoms with Gasteiger partial charge in [0, 0.05) is 6.54 Å². The summed E-state index contributed by atoms with van der Waals surface area (Å²) in [5, 5.41) is 8.02. The van der Waals surface area contributed by atoms with E-state index < -0.39 is 0 Å². The smallest absolute Gasteiger partial charge is 0.172 e. The molecular weight excluding hydrogens is 238 g/mol. The molecule has 0 unspecified atom stereocenters. The van der Waals surface area contributed by atoms with E-state index in [4.69, 9.17) is 0 Å². The molecule has 2 aromatic rings. The van der Waals surface area contributed by atoms with E-state index in [0.717, 1.165) is 44.2 Å². The first-order chi connectivity index (χ1) is 9.35. The second-order valence-electron chi connectivity index (χ2n) is 4.60. The van der Waals surface area contributed by atoms with Gasteiger partial charge < -0.3 is 0 Å². The van der Waals surface area contributed by atoms with Crippen LogP contribution in [-0.2, 0) is 19.4 Å². The Morgan fingerprint density at radius 1 is 1.21 bits per heavy atom. The molecule has 0 N–H and O–H groups in total. The molecule has 0 spiro atoms. The maximum atomic E-state index is 11.0. The van der Waals surface area contributed by atoms with E-state index in [0.29, 0.717) is 5.69 Å². The topological polar surface area (TPSA) is 47.8 Å². The lowest BCUT2D eigenvalue weighted by Gasteiger charge is -2.06. The maximum Gasteiger partial charge on any atom is 0.172 e. The van der Waals surface area contributed by atoms with Gasteiger partial charge in [-0.15, -0.1) is 5.10 Å². The van der Waals surface area contributed by atoms with Crippen LogP contribution in [0.5, 0.6) is 0 Å². The van der Waals surface area contributed by atoms with E-state index in [-0.39, 0.29) is 0 Å². The highest BCUT2D eigenvalue weighted by molar-refractivity contribution is 5.73. The van der Waals surface area contributed by atoms with Gasteiger partial charge in [0.1, 0.15) is 5.69 Å². The fraction of sp³-hybridized carbons (Fsp3) is 0.400. The van der Waals surface area contributed by atoms with Crippen LogP contribution in [0.25, 0.3) is 0 Å². The average Bonchev–Trinajstić information content (AvgIpc) is 2.86. The lowest BCUT2D eigenvalue weighted by atomic mass is 10.1. The highest BCUT2D eigenvalue weighted by atomic mass is 16.1. The number of aldehydes is 1. The molecule has 0 atom stereocenters. The number of aryl methyl sites for hydroxylation is 2. The number of benzene rings is 1. The molecule has 1 heterocycles. The van der Waals surface area contributed by atoms with Crippen LogP contribution in [0, 0.1) is 0 Å². The Morgan fingerprint density at radius 2 is 2.00 bits per heavy atom. The third-order valence-electron chi connectivity index (χ3n) is 3.20. The quantitative estimate of drug-likeness (QED) is 0.716. The van der Waals surface area contributed by atoms with Crippen molar-refractivity contribution in [1.29, 1.82) is 0 Å². The lowest BCUT2D eigenvalue weighted by molar-refractivity contribution is 0.111. The van der Waals surface area contributed by atoms with Crippen LogP contribution in [-0.4, -0.2) is 21.3 Å². The van der Waals surface area contributed by atoms with Gasteiger partial charge in [-0.25, -0.2) is 4.68 Å². The number of hydrogen-bond acceptors (Lipinski definition) is 3. The van der Waals surface area contributed by atoms with Crippen molar-refractivity contribution in [2.75, 3.05) is 0 Å². The minimum atomic E-state index is 0.479. The maximum absolute atomic E-state index is 11.0. The van der Waals surface area contributed by atoms with Crippen molar-refractivity contribution in [1.82, 2.24) is 15.0 Å². The van der Waals surface area contributed by atoms with Crippen molar-refractivity contribution >= 4 is 6.29 Å². The molecule has 0 saturated carbocycles. The first kappa shape index (κ1) is 13.5. The van der Waals surface area contributed by atoms with Crippen molar-refractivity contribution in [3.05, 3.63) is 47.3 Å². The standard InChI is InChI=1S/C15H19N3O/c1-2-3-11-18-15(14(12-19)16-17-18)10-9-13-7-5-4-6-8-13/h4-8,12H,2-3,9-11H2,1H3. The third-order valence-corrected chi connectivity index (χ3v) is 3.20. The SMILES string of the molecule is CCCCn1nnc(C=O)c1CCc1ccccc1. The number of carbonyl (C=O) groups is 1. The van der Waals surface area contributed by atoms with E-state index >= 15 is 0 Å². The number of hydrogen-bond donors (Lipinski definition) is 0. The molecule has 0 saturated heterocycles. The molecule has 2 rings (SSSR count). The Labute approximate surface area is 113 Å². The Bertz CT molecular complexity index is 519. The fourth-order valence-electron chi connectivity index (χ4n) is 2.09. The summed E-state index contributed by atoms with van der Waals surface area (Å²) in [5.41, 5.74) is 2.70. The minimum absolute atomic E-state index is 0.479. The second kappa shape index (κ2) is 6.83. The molecular formula is C15H19N3O. The van der Waals surface area contributed by atoms with Gasteiger partial charge in [0.15, 0.2) is 6.29 Å². The summed E-state index contributed by atoms with van der Waals surface area (Å²) >= 11 is 0. The van der Waals surface area contributed by atoms with Crippen LogP contribution < -0.4 is 0 Å². The zero-order valence-corrected chi connectivity index (χ0v) is 11.2. The predicted molar refractivity (Wildman–Crippen MR) is 74.2 cm³/mol. The Balaban J connectivity index is 2.09. The first-order valence-electron chi connectivity index (χ1n) is 6.76. The number of carbonyl (C=O) groups excluding carboxylic acids is 1. The van der Waals surface area contributed by atoms with Gasteiger partial charge in [0.25, 0.3) is 0 Å². The monoisotopic (exact) mass is 257 g/mol. The molecule has 0 aliphatic heterocycles. The molecule has 4 nitrogen and oxygen atoms in total. The molecule has 1 aromatic carbocycles. The van der Waals surface area contributed by atoms with Gasteiger partial charge in [-0.05, 0) is 24.8 Å². The van der Waals surface area contributed by atoms with Gasteiger partial charge >= 0.3 is 0 Å². The lowest BCUT2D eigenvalue weighted by Crippen LogP contribution is -2.07. The van der Waals surface area contributed by atoms with Crippen LogP contribution in [0.15, 0.2) is 30.3 Å². The fourth-order valence-corrected chi connectivity index (χ4v) is 2.09. The summed E-state index contributed by atoms with van der Waals surface area (Å²) in [4.78, 5) is 11.0. The highest BCUT2D eigenvalue weighted by Crippen LogP contribution is 2.10. The molecule has 0 radical (unpaired) electrons. The Kier molecular flexibility index (Phi) is 4.84. The highest BCUT2D eigenvalue weighted by Gasteiger charge is 2.11. The Morgan fingerprint density at radius 3 is 2.68 bits per heavy atom. The van der Waals surface area contributed by atoms with E-state index in [9.17, 15) is 4.79 Å². The Hall–Kier alpha value is -1.97. The largest absolute Gasteiger partial charge is 0.296 e. The summed E-state index contributed by atoms with van der Waals surface area (Å²) in [6, 6.07) is 10.3. The normalized spacial score (nSPS) is 10.6. The van der Waals surface area contributed by atoms with Crippen molar-refractivity contribution in [3.8, 4) is 0 Å². The molecule has 19 heavy (non-hydrogen) atoms. The van der Waals surface area contributed by atoms with Gasteiger partial charge in [-0.1, -0.05) is 48.9 Å². The summed E-state index contributed by atoms with van der Waals surface area (Å²) in [7, 11) is 0. The van der Waals surface area contributed by atoms with Crippen molar-refractivity contribution in [3.63, 3.8) is 0 Å². The molecule has 1 aromatic heterocycles. The van der Waals surface area contributed by atoms with Crippen LogP contribution in [0.3, 0.4) is 0 Å². The average molecular weight is 257 g/mol. The van der Waals surface area contributed by atoms with Crippen LogP contribution in [0.2, 0.25) is 0 Å². The van der Waals surface area contributed by atoms with Crippen molar-refractivity contribution in [2.24, 2.45) is 0 Å². The number of rotatable bonds is 7. The molecule has 0 aliphatic rings. The molecule has 100 valence electrons. The molecule has 4 heteroatoms. The molecule has 0 fully saturated rings.